The monoisotopic (exact) mass is 196 g/mol. The van der Waals surface area contributed by atoms with E-state index in [1.165, 1.54) is 0 Å². The lowest BCUT2D eigenvalue weighted by Crippen LogP contribution is -2.49. The van der Waals surface area contributed by atoms with E-state index in [1.54, 1.807) is 6.08 Å². The third-order valence-electron chi connectivity index (χ3n) is 2.66. The van der Waals surface area contributed by atoms with Gasteiger partial charge in [-0.3, -0.25) is 4.79 Å². The van der Waals surface area contributed by atoms with Gasteiger partial charge in [0.15, 0.2) is 0 Å². The van der Waals surface area contributed by atoms with Crippen molar-refractivity contribution in [1.29, 1.82) is 0 Å². The molecule has 1 heterocycles. The van der Waals surface area contributed by atoms with Gasteiger partial charge in [0.05, 0.1) is 0 Å². The minimum absolute atomic E-state index is 0.0346. The molecule has 1 rings (SSSR count). The molecule has 1 saturated heterocycles. The van der Waals surface area contributed by atoms with E-state index in [-0.39, 0.29) is 11.9 Å². The zero-order valence-corrected chi connectivity index (χ0v) is 9.05. The first-order chi connectivity index (χ1) is 6.74. The Hall–Kier alpha value is -0.830. The van der Waals surface area contributed by atoms with Crippen molar-refractivity contribution >= 4 is 5.91 Å². The van der Waals surface area contributed by atoms with Crippen LogP contribution in [0.25, 0.3) is 0 Å². The molecule has 1 aliphatic heterocycles. The van der Waals surface area contributed by atoms with E-state index in [9.17, 15) is 4.79 Å². The molecule has 3 nitrogen and oxygen atoms in total. The number of rotatable bonds is 3. The molecule has 0 spiro atoms. The molecule has 0 aromatic heterocycles. The van der Waals surface area contributed by atoms with Crippen molar-refractivity contribution in [2.24, 2.45) is 5.92 Å². The summed E-state index contributed by atoms with van der Waals surface area (Å²) in [6.07, 6.45) is 5.56. The standard InChI is InChI=1S/C11H20N2O/c1-3-4-5-11(14)13-10-8-12-7-6-9(10)2/h4-5,9-10,12H,3,6-8H2,1-2H3,(H,13,14)/b5-4+. The Morgan fingerprint density at radius 2 is 2.43 bits per heavy atom. The van der Waals surface area contributed by atoms with Gasteiger partial charge in [0.2, 0.25) is 5.91 Å². The van der Waals surface area contributed by atoms with Crippen molar-refractivity contribution in [1.82, 2.24) is 10.6 Å². The molecule has 0 radical (unpaired) electrons. The van der Waals surface area contributed by atoms with Gasteiger partial charge in [0.25, 0.3) is 0 Å². The molecule has 1 fully saturated rings. The summed E-state index contributed by atoms with van der Waals surface area (Å²) in [6, 6.07) is 0.290. The molecule has 0 aromatic carbocycles. The Kier molecular flexibility index (Phi) is 4.66. The second-order valence-electron chi connectivity index (χ2n) is 3.90. The topological polar surface area (TPSA) is 41.1 Å². The zero-order chi connectivity index (χ0) is 10.4. The second-order valence-corrected chi connectivity index (χ2v) is 3.90. The fourth-order valence-electron chi connectivity index (χ4n) is 1.64. The predicted molar refractivity (Wildman–Crippen MR) is 58.0 cm³/mol. The maximum absolute atomic E-state index is 11.4. The first kappa shape index (κ1) is 11.2. The normalized spacial score (nSPS) is 27.9. The van der Waals surface area contributed by atoms with Crippen molar-refractivity contribution in [2.75, 3.05) is 13.1 Å². The number of carbonyl (C=O) groups is 1. The quantitative estimate of drug-likeness (QED) is 0.663. The van der Waals surface area contributed by atoms with Gasteiger partial charge < -0.3 is 10.6 Å². The van der Waals surface area contributed by atoms with Gasteiger partial charge in [-0.25, -0.2) is 0 Å². The van der Waals surface area contributed by atoms with E-state index in [2.05, 4.69) is 17.6 Å². The lowest BCUT2D eigenvalue weighted by atomic mass is 9.95. The van der Waals surface area contributed by atoms with Gasteiger partial charge in [-0.2, -0.15) is 0 Å². The number of nitrogens with one attached hydrogen (secondary N) is 2. The Labute approximate surface area is 86.0 Å². The van der Waals surface area contributed by atoms with Crippen LogP contribution >= 0.6 is 0 Å². The number of allylic oxidation sites excluding steroid dienone is 1. The second kappa shape index (κ2) is 5.81. The van der Waals surface area contributed by atoms with Gasteiger partial charge in [-0.15, -0.1) is 0 Å². The average molecular weight is 196 g/mol. The van der Waals surface area contributed by atoms with Crippen LogP contribution in [0.1, 0.15) is 26.7 Å². The molecule has 0 aromatic rings. The molecule has 2 N–H and O–H groups in total. The fraction of sp³-hybridized carbons (Fsp3) is 0.727. The van der Waals surface area contributed by atoms with Crippen LogP contribution in [-0.2, 0) is 4.79 Å². The fourth-order valence-corrected chi connectivity index (χ4v) is 1.64. The highest BCUT2D eigenvalue weighted by Crippen LogP contribution is 2.10. The first-order valence-corrected chi connectivity index (χ1v) is 5.41. The van der Waals surface area contributed by atoms with E-state index in [0.29, 0.717) is 5.92 Å². The lowest BCUT2D eigenvalue weighted by Gasteiger charge is -2.29. The first-order valence-electron chi connectivity index (χ1n) is 5.41. The maximum atomic E-state index is 11.4. The van der Waals surface area contributed by atoms with Crippen LogP contribution in [0.3, 0.4) is 0 Å². The smallest absolute Gasteiger partial charge is 0.243 e. The summed E-state index contributed by atoms with van der Waals surface area (Å²) in [5.74, 6) is 0.614. The zero-order valence-electron chi connectivity index (χ0n) is 9.05. The summed E-state index contributed by atoms with van der Waals surface area (Å²) in [5.41, 5.74) is 0. The number of hydrogen-bond donors (Lipinski definition) is 2. The average Bonchev–Trinajstić information content (AvgIpc) is 2.18. The highest BCUT2D eigenvalue weighted by molar-refractivity contribution is 5.87. The molecule has 0 bridgehead atoms. The molecule has 0 saturated carbocycles. The number of piperidine rings is 1. The number of hydrogen-bond acceptors (Lipinski definition) is 2. The number of carbonyl (C=O) groups excluding carboxylic acids is 1. The third kappa shape index (κ3) is 3.50. The Balaban J connectivity index is 2.34. The van der Waals surface area contributed by atoms with E-state index < -0.39 is 0 Å². The highest BCUT2D eigenvalue weighted by Gasteiger charge is 2.21. The van der Waals surface area contributed by atoms with Gasteiger partial charge in [0, 0.05) is 12.6 Å². The van der Waals surface area contributed by atoms with Crippen molar-refractivity contribution in [3.63, 3.8) is 0 Å². The van der Waals surface area contributed by atoms with E-state index in [0.717, 1.165) is 25.9 Å². The Bertz CT molecular complexity index is 213. The highest BCUT2D eigenvalue weighted by atomic mass is 16.1. The van der Waals surface area contributed by atoms with Gasteiger partial charge in [-0.1, -0.05) is 19.9 Å². The molecule has 80 valence electrons. The lowest BCUT2D eigenvalue weighted by molar-refractivity contribution is -0.117. The number of amides is 1. The molecular weight excluding hydrogens is 176 g/mol. The molecule has 1 amide bonds. The summed E-state index contributed by atoms with van der Waals surface area (Å²) < 4.78 is 0. The third-order valence-corrected chi connectivity index (χ3v) is 2.66. The molecule has 2 unspecified atom stereocenters. The Morgan fingerprint density at radius 3 is 3.07 bits per heavy atom. The van der Waals surface area contributed by atoms with Crippen LogP contribution in [-0.4, -0.2) is 25.0 Å². The largest absolute Gasteiger partial charge is 0.348 e. The van der Waals surface area contributed by atoms with Crippen molar-refractivity contribution in [3.05, 3.63) is 12.2 Å². The van der Waals surface area contributed by atoms with Crippen LogP contribution in [0.4, 0.5) is 0 Å². The predicted octanol–water partition coefficient (Wildman–Crippen LogP) is 1.07. The van der Waals surface area contributed by atoms with E-state index >= 15 is 0 Å². The summed E-state index contributed by atoms with van der Waals surface area (Å²) in [7, 11) is 0. The van der Waals surface area contributed by atoms with Gasteiger partial charge in [0.1, 0.15) is 0 Å². The molecule has 2 atom stereocenters. The van der Waals surface area contributed by atoms with Crippen LogP contribution in [0, 0.1) is 5.92 Å². The van der Waals surface area contributed by atoms with E-state index in [1.807, 2.05) is 13.0 Å². The van der Waals surface area contributed by atoms with Crippen molar-refractivity contribution in [2.45, 2.75) is 32.7 Å². The van der Waals surface area contributed by atoms with Crippen LogP contribution in [0.15, 0.2) is 12.2 Å². The van der Waals surface area contributed by atoms with Crippen LogP contribution in [0.5, 0.6) is 0 Å². The van der Waals surface area contributed by atoms with Crippen molar-refractivity contribution < 1.29 is 4.79 Å². The minimum Gasteiger partial charge on any atom is -0.348 e. The molecule has 1 aliphatic rings. The minimum atomic E-state index is 0.0346. The van der Waals surface area contributed by atoms with Gasteiger partial charge in [-0.05, 0) is 31.4 Å². The molecular formula is C11H20N2O. The molecule has 0 aliphatic carbocycles. The van der Waals surface area contributed by atoms with Crippen molar-refractivity contribution in [3.8, 4) is 0 Å². The molecule has 14 heavy (non-hydrogen) atoms. The summed E-state index contributed by atoms with van der Waals surface area (Å²) >= 11 is 0. The van der Waals surface area contributed by atoms with Crippen LogP contribution in [0.2, 0.25) is 0 Å². The van der Waals surface area contributed by atoms with Gasteiger partial charge >= 0.3 is 0 Å². The SMILES string of the molecule is CC/C=C/C(=O)NC1CNCCC1C. The van der Waals surface area contributed by atoms with Crippen LogP contribution < -0.4 is 10.6 Å². The summed E-state index contributed by atoms with van der Waals surface area (Å²) in [6.45, 7) is 6.18. The summed E-state index contributed by atoms with van der Waals surface area (Å²) in [4.78, 5) is 11.4. The molecule has 3 heteroatoms. The Morgan fingerprint density at radius 1 is 1.64 bits per heavy atom. The van der Waals surface area contributed by atoms with E-state index in [4.69, 9.17) is 0 Å². The maximum Gasteiger partial charge on any atom is 0.243 e. The summed E-state index contributed by atoms with van der Waals surface area (Å²) in [5, 5.41) is 6.30.